The zero-order valence-corrected chi connectivity index (χ0v) is 18.3. The average molecular weight is 451 g/mol. The third-order valence-corrected chi connectivity index (χ3v) is 5.53. The minimum absolute atomic E-state index is 0.375. The number of pyridine rings is 1. The van der Waals surface area contributed by atoms with E-state index < -0.39 is 0 Å². The summed E-state index contributed by atoms with van der Waals surface area (Å²) in [4.78, 5) is 4.60. The molecule has 2 aromatic heterocycles. The molecule has 5 rings (SSSR count). The Hall–Kier alpha value is -4.44. The molecule has 0 saturated heterocycles. The molecule has 2 aromatic carbocycles. The summed E-state index contributed by atoms with van der Waals surface area (Å²) in [7, 11) is 0. The molecular formula is C25H21N7O2. The summed E-state index contributed by atoms with van der Waals surface area (Å²) in [6.45, 7) is 2.75. The van der Waals surface area contributed by atoms with Gasteiger partial charge in [0.1, 0.15) is 25.4 Å². The van der Waals surface area contributed by atoms with Crippen LogP contribution in [0.15, 0.2) is 48.7 Å². The molecule has 1 aliphatic rings. The molecular weight excluding hydrogens is 430 g/mol. The van der Waals surface area contributed by atoms with Crippen molar-refractivity contribution in [3.63, 3.8) is 0 Å². The van der Waals surface area contributed by atoms with E-state index in [1.807, 2.05) is 42.6 Å². The summed E-state index contributed by atoms with van der Waals surface area (Å²) >= 11 is 0. The summed E-state index contributed by atoms with van der Waals surface area (Å²) < 4.78 is 12.9. The van der Waals surface area contributed by atoms with E-state index in [0.717, 1.165) is 16.7 Å². The number of nitriles is 2. The van der Waals surface area contributed by atoms with Crippen molar-refractivity contribution in [2.24, 2.45) is 5.73 Å². The lowest BCUT2D eigenvalue weighted by molar-refractivity contribution is 0.171. The van der Waals surface area contributed by atoms with Crippen LogP contribution in [0.25, 0.3) is 28.2 Å². The largest absolute Gasteiger partial charge is 0.486 e. The van der Waals surface area contributed by atoms with Crippen molar-refractivity contribution >= 4 is 5.65 Å². The van der Waals surface area contributed by atoms with E-state index in [4.69, 9.17) is 15.2 Å². The molecule has 0 aliphatic carbocycles. The first kappa shape index (κ1) is 21.4. The number of hydrogen-bond acceptors (Lipinski definition) is 8. The first-order valence-corrected chi connectivity index (χ1v) is 10.9. The lowest BCUT2D eigenvalue weighted by atomic mass is 9.95. The second-order valence-corrected chi connectivity index (χ2v) is 7.74. The van der Waals surface area contributed by atoms with Crippen molar-refractivity contribution in [3.8, 4) is 46.2 Å². The highest BCUT2D eigenvalue weighted by Gasteiger charge is 2.19. The molecule has 0 bridgehead atoms. The molecule has 0 spiro atoms. The number of fused-ring (bicyclic) bond motifs is 2. The minimum atomic E-state index is 0.375. The number of benzene rings is 2. The van der Waals surface area contributed by atoms with Gasteiger partial charge in [-0.3, -0.25) is 0 Å². The van der Waals surface area contributed by atoms with Gasteiger partial charge in [0.2, 0.25) is 0 Å². The Morgan fingerprint density at radius 1 is 1.03 bits per heavy atom. The van der Waals surface area contributed by atoms with Gasteiger partial charge in [-0.15, -0.1) is 5.10 Å². The normalized spacial score (nSPS) is 12.3. The Morgan fingerprint density at radius 2 is 1.85 bits per heavy atom. The number of hydrogen-bond donors (Lipinski definition) is 2. The monoisotopic (exact) mass is 451 g/mol. The molecule has 0 saturated carbocycles. The van der Waals surface area contributed by atoms with Crippen molar-refractivity contribution in [1.82, 2.24) is 19.9 Å². The van der Waals surface area contributed by atoms with Crippen LogP contribution in [0.4, 0.5) is 0 Å². The Kier molecular flexibility index (Phi) is 5.79. The molecule has 168 valence electrons. The van der Waals surface area contributed by atoms with E-state index in [2.05, 4.69) is 27.5 Å². The molecule has 0 radical (unpaired) electrons. The van der Waals surface area contributed by atoms with Gasteiger partial charge in [-0.2, -0.15) is 10.5 Å². The highest BCUT2D eigenvalue weighted by Crippen LogP contribution is 2.37. The zero-order chi connectivity index (χ0) is 23.5. The first-order valence-electron chi connectivity index (χ1n) is 10.9. The summed E-state index contributed by atoms with van der Waals surface area (Å²) in [5.41, 5.74) is 9.88. The fraction of sp³-hybridized carbons (Fsp3) is 0.200. The highest BCUT2D eigenvalue weighted by molar-refractivity contribution is 5.81. The second kappa shape index (κ2) is 9.20. The van der Waals surface area contributed by atoms with Crippen LogP contribution in [0.1, 0.15) is 16.7 Å². The Morgan fingerprint density at radius 3 is 2.65 bits per heavy atom. The molecule has 9 nitrogen and oxygen atoms in total. The minimum Gasteiger partial charge on any atom is -0.486 e. The van der Waals surface area contributed by atoms with E-state index >= 15 is 0 Å². The van der Waals surface area contributed by atoms with Crippen molar-refractivity contribution in [3.05, 3.63) is 65.4 Å². The van der Waals surface area contributed by atoms with E-state index in [0.29, 0.717) is 72.5 Å². The van der Waals surface area contributed by atoms with Crippen LogP contribution in [0, 0.1) is 22.7 Å². The molecule has 1 aliphatic heterocycles. The first-order chi connectivity index (χ1) is 16.7. The van der Waals surface area contributed by atoms with Gasteiger partial charge in [-0.25, -0.2) is 9.50 Å². The molecule has 0 unspecified atom stereocenters. The van der Waals surface area contributed by atoms with E-state index in [1.54, 1.807) is 10.6 Å². The van der Waals surface area contributed by atoms with Crippen LogP contribution in [0.3, 0.4) is 0 Å². The van der Waals surface area contributed by atoms with Crippen LogP contribution in [-0.4, -0.2) is 40.9 Å². The SMILES string of the molecule is N#Cc1c(-c2ccc3c(c2)OCCO3)cccc1-c1nc2c(C#N)cc(CNCCN)cn2n1. The summed E-state index contributed by atoms with van der Waals surface area (Å²) in [5.74, 6) is 1.71. The van der Waals surface area contributed by atoms with Crippen LogP contribution in [-0.2, 0) is 6.54 Å². The van der Waals surface area contributed by atoms with Gasteiger partial charge in [-0.05, 0) is 35.4 Å². The molecule has 9 heteroatoms. The Balaban J connectivity index is 1.58. The van der Waals surface area contributed by atoms with E-state index in [9.17, 15) is 10.5 Å². The van der Waals surface area contributed by atoms with Gasteiger partial charge in [0.05, 0.1) is 11.1 Å². The standard InChI is InChI=1S/C25H21N7O2/c26-6-7-29-14-16-10-18(12-27)25-30-24(31-32(25)15-16)20-3-1-2-19(21(20)13-28)17-4-5-22-23(11-17)34-9-8-33-22/h1-5,10-11,15,29H,6-9,14,26H2. The van der Waals surface area contributed by atoms with Gasteiger partial charge in [0.25, 0.3) is 0 Å². The van der Waals surface area contributed by atoms with Gasteiger partial charge in [-0.1, -0.05) is 18.2 Å². The number of rotatable bonds is 6. The van der Waals surface area contributed by atoms with Crippen molar-refractivity contribution in [1.29, 1.82) is 10.5 Å². The molecule has 3 N–H and O–H groups in total. The van der Waals surface area contributed by atoms with Crippen LogP contribution >= 0.6 is 0 Å². The fourth-order valence-corrected chi connectivity index (χ4v) is 3.98. The van der Waals surface area contributed by atoms with Crippen LogP contribution in [0.5, 0.6) is 11.5 Å². The van der Waals surface area contributed by atoms with Crippen molar-refractivity contribution in [2.75, 3.05) is 26.3 Å². The fourth-order valence-electron chi connectivity index (χ4n) is 3.98. The molecule has 0 fully saturated rings. The molecule has 3 heterocycles. The number of aromatic nitrogens is 3. The molecule has 34 heavy (non-hydrogen) atoms. The van der Waals surface area contributed by atoms with Gasteiger partial charge < -0.3 is 20.5 Å². The summed E-state index contributed by atoms with van der Waals surface area (Å²) in [6.07, 6.45) is 1.83. The topological polar surface area (TPSA) is 134 Å². The quantitative estimate of drug-likeness (QED) is 0.427. The predicted octanol–water partition coefficient (Wildman–Crippen LogP) is 2.63. The maximum atomic E-state index is 10.1. The Bertz CT molecular complexity index is 1460. The third kappa shape index (κ3) is 3.90. The second-order valence-electron chi connectivity index (χ2n) is 7.74. The molecule has 0 atom stereocenters. The lowest BCUT2D eigenvalue weighted by Gasteiger charge is -2.19. The van der Waals surface area contributed by atoms with E-state index in [1.165, 1.54) is 0 Å². The third-order valence-electron chi connectivity index (χ3n) is 5.53. The lowest BCUT2D eigenvalue weighted by Crippen LogP contribution is -2.22. The van der Waals surface area contributed by atoms with Gasteiger partial charge in [0, 0.05) is 37.0 Å². The van der Waals surface area contributed by atoms with Crippen LogP contribution < -0.4 is 20.5 Å². The van der Waals surface area contributed by atoms with E-state index in [-0.39, 0.29) is 0 Å². The Labute approximate surface area is 196 Å². The zero-order valence-electron chi connectivity index (χ0n) is 18.3. The van der Waals surface area contributed by atoms with Gasteiger partial charge >= 0.3 is 0 Å². The number of nitrogens with two attached hydrogens (primary N) is 1. The van der Waals surface area contributed by atoms with Crippen LogP contribution in [0.2, 0.25) is 0 Å². The van der Waals surface area contributed by atoms with Gasteiger partial charge in [0.15, 0.2) is 23.0 Å². The predicted molar refractivity (Wildman–Crippen MR) is 125 cm³/mol. The number of nitrogens with zero attached hydrogens (tertiary/aromatic N) is 5. The highest BCUT2D eigenvalue weighted by atomic mass is 16.6. The van der Waals surface area contributed by atoms with Crippen molar-refractivity contribution < 1.29 is 9.47 Å². The summed E-state index contributed by atoms with van der Waals surface area (Å²) in [6, 6.07) is 17.5. The molecule has 0 amide bonds. The maximum absolute atomic E-state index is 10.1. The number of ether oxygens (including phenoxy) is 2. The number of nitrogens with one attached hydrogen (secondary N) is 1. The molecule has 4 aromatic rings. The average Bonchev–Trinajstić information content (AvgIpc) is 3.31. The maximum Gasteiger partial charge on any atom is 0.183 e. The summed E-state index contributed by atoms with van der Waals surface area (Å²) in [5, 5.41) is 27.5. The smallest absolute Gasteiger partial charge is 0.183 e. The van der Waals surface area contributed by atoms with Crippen molar-refractivity contribution in [2.45, 2.75) is 6.54 Å².